The van der Waals surface area contributed by atoms with E-state index in [0.29, 0.717) is 27.9 Å². The zero-order valence-corrected chi connectivity index (χ0v) is 17.4. The molecule has 1 N–H and O–H groups in total. The molecule has 4 rings (SSSR count). The molecule has 154 valence electrons. The number of amides is 1. The molecule has 9 heteroatoms. The molecule has 0 radical (unpaired) electrons. The zero-order valence-electron chi connectivity index (χ0n) is 15.9. The van der Waals surface area contributed by atoms with Gasteiger partial charge in [-0.1, -0.05) is 17.7 Å². The molecular weight excluding hydrogens is 416 g/mol. The van der Waals surface area contributed by atoms with Gasteiger partial charge in [0, 0.05) is 29.6 Å². The number of carbonyl (C=O) groups excluding carboxylic acids is 1. The standard InChI is InChI=1S/C20H21ClN2O5S/c1-29(25,26)23(16-6-4-5-14(21)11-16)13-19(24)22-15-7-8-17-18(12-15)28-20(27-17)9-2-3-10-20/h4-8,11-12H,2-3,9-10,13H2,1H3,(H,22,24). The Hall–Kier alpha value is -2.45. The van der Waals surface area contributed by atoms with E-state index in [9.17, 15) is 13.2 Å². The van der Waals surface area contributed by atoms with Gasteiger partial charge in [0.1, 0.15) is 6.54 Å². The van der Waals surface area contributed by atoms with Crippen LogP contribution in [0.5, 0.6) is 11.5 Å². The fourth-order valence-corrected chi connectivity index (χ4v) is 4.68. The summed E-state index contributed by atoms with van der Waals surface area (Å²) in [7, 11) is -3.68. The second kappa shape index (κ2) is 7.42. The van der Waals surface area contributed by atoms with Crippen molar-refractivity contribution in [2.24, 2.45) is 0 Å². The average molecular weight is 437 g/mol. The van der Waals surface area contributed by atoms with Crippen LogP contribution in [-0.2, 0) is 14.8 Å². The summed E-state index contributed by atoms with van der Waals surface area (Å²) >= 11 is 5.96. The monoisotopic (exact) mass is 436 g/mol. The minimum atomic E-state index is -3.68. The lowest BCUT2D eigenvalue weighted by Crippen LogP contribution is -2.37. The van der Waals surface area contributed by atoms with Gasteiger partial charge in [0.05, 0.1) is 11.9 Å². The SMILES string of the molecule is CS(=O)(=O)N(CC(=O)Nc1ccc2c(c1)OC1(CCCC1)O2)c1cccc(Cl)c1. The highest BCUT2D eigenvalue weighted by Crippen LogP contribution is 2.47. The molecule has 2 aromatic carbocycles. The molecule has 1 spiro atoms. The van der Waals surface area contributed by atoms with Gasteiger partial charge in [0.15, 0.2) is 11.5 Å². The van der Waals surface area contributed by atoms with Crippen LogP contribution >= 0.6 is 11.6 Å². The first-order valence-corrected chi connectivity index (χ1v) is 11.5. The van der Waals surface area contributed by atoms with E-state index in [1.807, 2.05) is 0 Å². The van der Waals surface area contributed by atoms with Crippen molar-refractivity contribution in [3.63, 3.8) is 0 Å². The molecule has 1 fully saturated rings. The maximum absolute atomic E-state index is 12.6. The second-order valence-corrected chi connectivity index (χ2v) is 9.62. The third kappa shape index (κ3) is 4.28. The van der Waals surface area contributed by atoms with Gasteiger partial charge >= 0.3 is 0 Å². The molecule has 0 aromatic heterocycles. The van der Waals surface area contributed by atoms with Gasteiger partial charge in [0.2, 0.25) is 15.9 Å². The number of sulfonamides is 1. The predicted molar refractivity (Wildman–Crippen MR) is 111 cm³/mol. The third-order valence-electron chi connectivity index (χ3n) is 4.97. The van der Waals surface area contributed by atoms with Gasteiger partial charge < -0.3 is 14.8 Å². The summed E-state index contributed by atoms with van der Waals surface area (Å²) in [4.78, 5) is 12.6. The molecule has 0 bridgehead atoms. The Morgan fingerprint density at radius 1 is 1.14 bits per heavy atom. The molecule has 1 saturated carbocycles. The minimum Gasteiger partial charge on any atom is -0.448 e. The topological polar surface area (TPSA) is 84.9 Å². The number of anilines is 2. The van der Waals surface area contributed by atoms with Gasteiger partial charge in [-0.05, 0) is 43.2 Å². The molecule has 7 nitrogen and oxygen atoms in total. The van der Waals surface area contributed by atoms with Crippen LogP contribution in [0, 0.1) is 0 Å². The summed E-state index contributed by atoms with van der Waals surface area (Å²) in [5.74, 6) is 0.177. The van der Waals surface area contributed by atoms with Crippen molar-refractivity contribution in [3.05, 3.63) is 47.5 Å². The number of ether oxygens (including phenoxy) is 2. The van der Waals surface area contributed by atoms with Crippen LogP contribution in [0.2, 0.25) is 5.02 Å². The molecule has 1 aliphatic carbocycles. The summed E-state index contributed by atoms with van der Waals surface area (Å²) in [5.41, 5.74) is 0.830. The minimum absolute atomic E-state index is 0.323. The molecule has 0 saturated heterocycles. The van der Waals surface area contributed by atoms with Gasteiger partial charge in [-0.2, -0.15) is 0 Å². The third-order valence-corrected chi connectivity index (χ3v) is 6.34. The van der Waals surface area contributed by atoms with Gasteiger partial charge in [-0.3, -0.25) is 9.10 Å². The Balaban J connectivity index is 1.48. The molecule has 29 heavy (non-hydrogen) atoms. The Morgan fingerprint density at radius 2 is 1.86 bits per heavy atom. The number of fused-ring (bicyclic) bond motifs is 1. The van der Waals surface area contributed by atoms with Gasteiger partial charge in [-0.15, -0.1) is 0 Å². The highest BCUT2D eigenvalue weighted by atomic mass is 35.5. The Morgan fingerprint density at radius 3 is 2.55 bits per heavy atom. The van der Waals surface area contributed by atoms with E-state index < -0.39 is 21.7 Å². The number of nitrogens with zero attached hydrogens (tertiary/aromatic N) is 1. The van der Waals surface area contributed by atoms with E-state index in [1.165, 1.54) is 6.07 Å². The van der Waals surface area contributed by atoms with Crippen LogP contribution in [0.3, 0.4) is 0 Å². The molecule has 2 aliphatic rings. The van der Waals surface area contributed by atoms with Crippen LogP contribution in [-0.4, -0.2) is 32.9 Å². The maximum Gasteiger partial charge on any atom is 0.251 e. The van der Waals surface area contributed by atoms with Crippen molar-refractivity contribution in [2.45, 2.75) is 31.5 Å². The lowest BCUT2D eigenvalue weighted by atomic mass is 10.2. The van der Waals surface area contributed by atoms with Crippen LogP contribution in [0.4, 0.5) is 11.4 Å². The number of nitrogens with one attached hydrogen (secondary N) is 1. The summed E-state index contributed by atoms with van der Waals surface area (Å²) in [6.07, 6.45) is 4.84. The lowest BCUT2D eigenvalue weighted by Gasteiger charge is -2.22. The predicted octanol–water partition coefficient (Wildman–Crippen LogP) is 3.79. The molecule has 1 amide bonds. The molecule has 1 aliphatic heterocycles. The van der Waals surface area contributed by atoms with Crippen LogP contribution in [0.1, 0.15) is 25.7 Å². The number of halogens is 1. The fraction of sp³-hybridized carbons (Fsp3) is 0.350. The van der Waals surface area contributed by atoms with Crippen molar-refractivity contribution in [2.75, 3.05) is 22.4 Å². The Kier molecular flexibility index (Phi) is 5.08. The summed E-state index contributed by atoms with van der Waals surface area (Å²) < 4.78 is 37.4. The normalized spacial score (nSPS) is 16.8. The van der Waals surface area contributed by atoms with Crippen molar-refractivity contribution >= 4 is 38.9 Å². The average Bonchev–Trinajstić information content (AvgIpc) is 3.24. The highest BCUT2D eigenvalue weighted by molar-refractivity contribution is 7.92. The summed E-state index contributed by atoms with van der Waals surface area (Å²) in [5, 5.41) is 3.11. The number of hydrogen-bond donors (Lipinski definition) is 1. The number of benzene rings is 2. The Labute approximate surface area is 174 Å². The van der Waals surface area contributed by atoms with E-state index in [4.69, 9.17) is 21.1 Å². The van der Waals surface area contributed by atoms with Crippen LogP contribution < -0.4 is 19.1 Å². The lowest BCUT2D eigenvalue weighted by molar-refractivity contribution is -0.114. The van der Waals surface area contributed by atoms with E-state index in [-0.39, 0.29) is 6.54 Å². The smallest absolute Gasteiger partial charge is 0.251 e. The van der Waals surface area contributed by atoms with E-state index in [2.05, 4.69) is 5.32 Å². The number of hydrogen-bond acceptors (Lipinski definition) is 5. The molecular formula is C20H21ClN2O5S. The Bertz CT molecular complexity index is 1050. The molecule has 2 aromatic rings. The van der Waals surface area contributed by atoms with Crippen molar-refractivity contribution in [1.29, 1.82) is 0 Å². The van der Waals surface area contributed by atoms with Crippen LogP contribution in [0.15, 0.2) is 42.5 Å². The highest BCUT2D eigenvalue weighted by Gasteiger charge is 2.44. The first-order valence-electron chi connectivity index (χ1n) is 9.29. The molecule has 0 unspecified atom stereocenters. The van der Waals surface area contributed by atoms with E-state index >= 15 is 0 Å². The van der Waals surface area contributed by atoms with E-state index in [0.717, 1.165) is 36.2 Å². The van der Waals surface area contributed by atoms with E-state index in [1.54, 1.807) is 36.4 Å². The van der Waals surface area contributed by atoms with Crippen molar-refractivity contribution in [1.82, 2.24) is 0 Å². The first-order chi connectivity index (χ1) is 13.7. The van der Waals surface area contributed by atoms with Crippen molar-refractivity contribution in [3.8, 4) is 11.5 Å². The summed E-state index contributed by atoms with van der Waals surface area (Å²) in [6.45, 7) is -0.377. The quantitative estimate of drug-likeness (QED) is 0.770. The second-order valence-electron chi connectivity index (χ2n) is 7.28. The first kappa shape index (κ1) is 19.8. The zero-order chi connectivity index (χ0) is 20.6. The number of rotatable bonds is 5. The maximum atomic E-state index is 12.6. The molecule has 1 heterocycles. The largest absolute Gasteiger partial charge is 0.448 e. The van der Waals surface area contributed by atoms with Gasteiger partial charge in [-0.25, -0.2) is 8.42 Å². The van der Waals surface area contributed by atoms with Gasteiger partial charge in [0.25, 0.3) is 5.79 Å². The molecule has 0 atom stereocenters. The van der Waals surface area contributed by atoms with Crippen LogP contribution in [0.25, 0.3) is 0 Å². The number of carbonyl (C=O) groups is 1. The fourth-order valence-electron chi connectivity index (χ4n) is 3.65. The van der Waals surface area contributed by atoms with Crippen molar-refractivity contribution < 1.29 is 22.7 Å². The summed E-state index contributed by atoms with van der Waals surface area (Å²) in [6, 6.07) is 11.5.